The van der Waals surface area contributed by atoms with Crippen LogP contribution in [0.15, 0.2) is 10.7 Å². The predicted molar refractivity (Wildman–Crippen MR) is 63.7 cm³/mol. The number of carbonyl (C=O) groups is 1. The van der Waals surface area contributed by atoms with Crippen molar-refractivity contribution in [2.45, 2.75) is 20.8 Å². The fourth-order valence-electron chi connectivity index (χ4n) is 1.68. The number of fused-ring (bicyclic) bond motifs is 1. The molecule has 0 saturated heterocycles. The first-order valence-corrected chi connectivity index (χ1v) is 5.73. The van der Waals surface area contributed by atoms with Crippen LogP contribution in [0, 0.1) is 6.92 Å². The van der Waals surface area contributed by atoms with Gasteiger partial charge in [-0.1, -0.05) is 5.16 Å². The van der Waals surface area contributed by atoms with E-state index in [4.69, 9.17) is 14.0 Å². The highest BCUT2D eigenvalue weighted by Crippen LogP contribution is 2.31. The number of pyridine rings is 1. The second-order valence-electron chi connectivity index (χ2n) is 3.59. The van der Waals surface area contributed by atoms with Gasteiger partial charge in [-0.3, -0.25) is 0 Å². The lowest BCUT2D eigenvalue weighted by Crippen LogP contribution is -2.09. The summed E-state index contributed by atoms with van der Waals surface area (Å²) in [4.78, 5) is 15.9. The number of aryl methyl sites for hydroxylation is 1. The monoisotopic (exact) mass is 250 g/mol. The van der Waals surface area contributed by atoms with Gasteiger partial charge in [0.15, 0.2) is 0 Å². The lowest BCUT2D eigenvalue weighted by molar-refractivity contribution is 0.0522. The van der Waals surface area contributed by atoms with E-state index in [1.54, 1.807) is 13.8 Å². The number of ether oxygens (including phenoxy) is 2. The maximum atomic E-state index is 11.8. The summed E-state index contributed by atoms with van der Waals surface area (Å²) in [6, 6.07) is 0. The van der Waals surface area contributed by atoms with Gasteiger partial charge in [-0.05, 0) is 20.8 Å². The van der Waals surface area contributed by atoms with E-state index < -0.39 is 5.97 Å². The van der Waals surface area contributed by atoms with E-state index in [1.165, 1.54) is 6.20 Å². The standard InChI is InChI=1S/C12H14N2O4/c1-4-16-10-8(12(15)17-5-2)6-13-11-9(10)7(3)18-14-11/h6H,4-5H2,1-3H3. The van der Waals surface area contributed by atoms with Crippen molar-refractivity contribution in [3.05, 3.63) is 17.5 Å². The van der Waals surface area contributed by atoms with Crippen LogP contribution in [0.3, 0.4) is 0 Å². The van der Waals surface area contributed by atoms with E-state index >= 15 is 0 Å². The van der Waals surface area contributed by atoms with Crippen molar-refractivity contribution in [3.8, 4) is 5.75 Å². The van der Waals surface area contributed by atoms with Crippen molar-refractivity contribution < 1.29 is 18.8 Å². The summed E-state index contributed by atoms with van der Waals surface area (Å²) in [5.74, 6) is 0.516. The Bertz CT molecular complexity index is 577. The smallest absolute Gasteiger partial charge is 0.343 e. The molecule has 96 valence electrons. The number of nitrogens with zero attached hydrogens (tertiary/aromatic N) is 2. The van der Waals surface area contributed by atoms with E-state index in [-0.39, 0.29) is 5.56 Å². The molecule has 6 nitrogen and oxygen atoms in total. The molecule has 0 aliphatic rings. The first-order valence-electron chi connectivity index (χ1n) is 5.73. The summed E-state index contributed by atoms with van der Waals surface area (Å²) in [6.45, 7) is 6.05. The number of hydrogen-bond donors (Lipinski definition) is 0. The SMILES string of the molecule is CCOC(=O)c1cnc2noc(C)c2c1OCC. The fourth-order valence-corrected chi connectivity index (χ4v) is 1.68. The van der Waals surface area contributed by atoms with Crippen LogP contribution in [0.25, 0.3) is 11.0 Å². The van der Waals surface area contributed by atoms with Crippen LogP contribution in [0.2, 0.25) is 0 Å². The first kappa shape index (κ1) is 12.3. The number of aromatic nitrogens is 2. The molecule has 0 radical (unpaired) electrons. The molecule has 0 atom stereocenters. The van der Waals surface area contributed by atoms with Crippen molar-refractivity contribution >= 4 is 17.0 Å². The van der Waals surface area contributed by atoms with Crippen LogP contribution in [-0.4, -0.2) is 29.3 Å². The quantitative estimate of drug-likeness (QED) is 0.773. The third kappa shape index (κ3) is 2.01. The molecular weight excluding hydrogens is 236 g/mol. The van der Waals surface area contributed by atoms with Gasteiger partial charge in [-0.2, -0.15) is 0 Å². The molecule has 2 heterocycles. The molecule has 0 unspecified atom stereocenters. The van der Waals surface area contributed by atoms with Gasteiger partial charge in [-0.25, -0.2) is 9.78 Å². The van der Waals surface area contributed by atoms with Crippen LogP contribution in [-0.2, 0) is 4.74 Å². The maximum absolute atomic E-state index is 11.8. The van der Waals surface area contributed by atoms with Crippen molar-refractivity contribution in [1.29, 1.82) is 0 Å². The molecule has 2 rings (SSSR count). The minimum absolute atomic E-state index is 0.289. The molecule has 6 heteroatoms. The molecular formula is C12H14N2O4. The summed E-state index contributed by atoms with van der Waals surface area (Å²) in [5, 5.41) is 4.40. The molecule has 0 saturated carbocycles. The Morgan fingerprint density at radius 1 is 1.39 bits per heavy atom. The van der Waals surface area contributed by atoms with Gasteiger partial charge < -0.3 is 14.0 Å². The second kappa shape index (κ2) is 5.03. The van der Waals surface area contributed by atoms with Gasteiger partial charge in [-0.15, -0.1) is 0 Å². The first-order chi connectivity index (χ1) is 8.69. The molecule has 0 amide bonds. The number of hydrogen-bond acceptors (Lipinski definition) is 6. The molecule has 0 spiro atoms. The Labute approximate surface area is 104 Å². The average molecular weight is 250 g/mol. The largest absolute Gasteiger partial charge is 0.492 e. The fraction of sp³-hybridized carbons (Fsp3) is 0.417. The molecule has 0 aromatic carbocycles. The number of esters is 1. The van der Waals surface area contributed by atoms with Crippen molar-refractivity contribution in [1.82, 2.24) is 10.1 Å². The van der Waals surface area contributed by atoms with Gasteiger partial charge in [0.25, 0.3) is 0 Å². The molecule has 2 aromatic heterocycles. The van der Waals surface area contributed by atoms with Crippen LogP contribution in [0.1, 0.15) is 30.0 Å². The van der Waals surface area contributed by atoms with Gasteiger partial charge in [0.2, 0.25) is 5.65 Å². The van der Waals surface area contributed by atoms with Crippen LogP contribution >= 0.6 is 0 Å². The molecule has 0 aliphatic carbocycles. The zero-order valence-corrected chi connectivity index (χ0v) is 10.5. The van der Waals surface area contributed by atoms with Crippen LogP contribution in [0.4, 0.5) is 0 Å². The molecule has 0 aliphatic heterocycles. The Morgan fingerprint density at radius 2 is 2.17 bits per heavy atom. The minimum Gasteiger partial charge on any atom is -0.492 e. The summed E-state index contributed by atoms with van der Waals surface area (Å²) in [6.07, 6.45) is 1.40. The highest BCUT2D eigenvalue weighted by molar-refractivity contribution is 5.99. The zero-order chi connectivity index (χ0) is 13.1. The highest BCUT2D eigenvalue weighted by atomic mass is 16.5. The van der Waals surface area contributed by atoms with E-state index in [2.05, 4.69) is 10.1 Å². The highest BCUT2D eigenvalue weighted by Gasteiger charge is 2.21. The molecule has 0 fully saturated rings. The number of rotatable bonds is 4. The summed E-state index contributed by atoms with van der Waals surface area (Å²) >= 11 is 0. The van der Waals surface area contributed by atoms with Gasteiger partial charge >= 0.3 is 5.97 Å². The normalized spacial score (nSPS) is 10.6. The van der Waals surface area contributed by atoms with Gasteiger partial charge in [0, 0.05) is 6.20 Å². The lowest BCUT2D eigenvalue weighted by atomic mass is 10.2. The molecule has 2 aromatic rings. The summed E-state index contributed by atoms with van der Waals surface area (Å²) in [5.41, 5.74) is 0.710. The Morgan fingerprint density at radius 3 is 2.83 bits per heavy atom. The minimum atomic E-state index is -0.462. The topological polar surface area (TPSA) is 74.5 Å². The maximum Gasteiger partial charge on any atom is 0.343 e. The number of carbonyl (C=O) groups excluding carboxylic acids is 1. The molecule has 18 heavy (non-hydrogen) atoms. The summed E-state index contributed by atoms with van der Waals surface area (Å²) < 4.78 is 15.5. The third-order valence-corrected chi connectivity index (χ3v) is 2.42. The Kier molecular flexibility index (Phi) is 3.45. The zero-order valence-electron chi connectivity index (χ0n) is 10.5. The molecule has 0 N–H and O–H groups in total. The summed E-state index contributed by atoms with van der Waals surface area (Å²) in [7, 11) is 0. The predicted octanol–water partition coefficient (Wildman–Crippen LogP) is 2.11. The van der Waals surface area contributed by atoms with E-state index in [0.29, 0.717) is 35.8 Å². The Balaban J connectivity index is 2.61. The van der Waals surface area contributed by atoms with E-state index in [9.17, 15) is 4.79 Å². The van der Waals surface area contributed by atoms with Crippen LogP contribution < -0.4 is 4.74 Å². The Hall–Kier alpha value is -2.11. The second-order valence-corrected chi connectivity index (χ2v) is 3.59. The van der Waals surface area contributed by atoms with Gasteiger partial charge in [0.1, 0.15) is 22.5 Å². The lowest BCUT2D eigenvalue weighted by Gasteiger charge is -2.09. The molecule has 0 bridgehead atoms. The van der Waals surface area contributed by atoms with Crippen molar-refractivity contribution in [3.63, 3.8) is 0 Å². The van der Waals surface area contributed by atoms with Gasteiger partial charge in [0.05, 0.1) is 13.2 Å². The third-order valence-electron chi connectivity index (χ3n) is 2.42. The van der Waals surface area contributed by atoms with Crippen molar-refractivity contribution in [2.75, 3.05) is 13.2 Å². The van der Waals surface area contributed by atoms with E-state index in [0.717, 1.165) is 0 Å². The van der Waals surface area contributed by atoms with E-state index in [1.807, 2.05) is 6.92 Å². The average Bonchev–Trinajstić information content (AvgIpc) is 2.72. The van der Waals surface area contributed by atoms with Crippen molar-refractivity contribution in [2.24, 2.45) is 0 Å². The van der Waals surface area contributed by atoms with Crippen LogP contribution in [0.5, 0.6) is 5.75 Å².